The van der Waals surface area contributed by atoms with Crippen LogP contribution in [0.4, 0.5) is 0 Å². The van der Waals surface area contributed by atoms with Gasteiger partial charge in [-0.25, -0.2) is 5.01 Å². The van der Waals surface area contributed by atoms with Crippen LogP contribution in [0.3, 0.4) is 0 Å². The zero-order valence-corrected chi connectivity index (χ0v) is 20.3. The molecule has 0 amide bonds. The van der Waals surface area contributed by atoms with E-state index in [2.05, 4.69) is 81.6 Å². The van der Waals surface area contributed by atoms with Crippen LogP contribution in [-0.4, -0.2) is 23.6 Å². The molecule has 168 valence electrons. The van der Waals surface area contributed by atoms with Gasteiger partial charge in [-0.2, -0.15) is 5.10 Å². The molecule has 1 aliphatic carbocycles. The van der Waals surface area contributed by atoms with Crippen LogP contribution in [0.25, 0.3) is 0 Å². The fraction of sp³-hybridized carbons (Fsp3) is 0.321. The Hall–Kier alpha value is -2.79. The Morgan fingerprint density at radius 3 is 2.55 bits per heavy atom. The van der Waals surface area contributed by atoms with Crippen molar-refractivity contribution in [3.63, 3.8) is 0 Å². The van der Waals surface area contributed by atoms with Crippen molar-refractivity contribution in [2.24, 2.45) is 5.10 Å². The molecule has 3 aromatic rings. The third kappa shape index (κ3) is 3.54. The largest absolute Gasteiger partial charge is 0.496 e. The van der Waals surface area contributed by atoms with Crippen molar-refractivity contribution >= 4 is 21.6 Å². The molecule has 1 fully saturated rings. The Morgan fingerprint density at radius 2 is 1.76 bits per heavy atom. The standard InChI is InChI=1S/C28H27BrN2O2/c1-32-26-10-6-5-9-22(26)24-18-25-23-17-21(29)11-12-27(23)33-28(31(25)30-24)15-13-20(14-16-28)19-7-3-2-4-8-19/h2-12,17,20,25H,13-16,18H2,1H3. The first-order chi connectivity index (χ1) is 16.2. The van der Waals surface area contributed by atoms with Crippen molar-refractivity contribution in [2.75, 3.05) is 7.11 Å². The molecule has 0 bridgehead atoms. The van der Waals surface area contributed by atoms with Gasteiger partial charge in [-0.05, 0) is 54.7 Å². The number of rotatable bonds is 3. The molecule has 2 aliphatic heterocycles. The molecule has 1 spiro atoms. The maximum atomic E-state index is 6.82. The molecule has 2 heterocycles. The van der Waals surface area contributed by atoms with Gasteiger partial charge in [0.05, 0.1) is 18.9 Å². The molecule has 0 saturated heterocycles. The predicted molar refractivity (Wildman–Crippen MR) is 134 cm³/mol. The summed E-state index contributed by atoms with van der Waals surface area (Å²) >= 11 is 3.66. The van der Waals surface area contributed by atoms with Crippen LogP contribution in [-0.2, 0) is 0 Å². The second kappa shape index (κ2) is 8.21. The molecule has 1 saturated carbocycles. The summed E-state index contributed by atoms with van der Waals surface area (Å²) in [7, 11) is 1.73. The van der Waals surface area contributed by atoms with Gasteiger partial charge in [0.1, 0.15) is 11.5 Å². The number of ether oxygens (including phenoxy) is 2. The van der Waals surface area contributed by atoms with Gasteiger partial charge >= 0.3 is 0 Å². The number of nitrogens with zero attached hydrogens (tertiary/aromatic N) is 2. The fourth-order valence-corrected chi connectivity index (χ4v) is 6.14. The molecule has 4 nitrogen and oxygen atoms in total. The van der Waals surface area contributed by atoms with Crippen LogP contribution in [0.2, 0.25) is 0 Å². The highest BCUT2D eigenvalue weighted by atomic mass is 79.9. The lowest BCUT2D eigenvalue weighted by Gasteiger charge is -2.50. The van der Waals surface area contributed by atoms with Crippen LogP contribution in [0.5, 0.6) is 11.5 Å². The van der Waals surface area contributed by atoms with E-state index in [4.69, 9.17) is 14.6 Å². The first-order valence-corrected chi connectivity index (χ1v) is 12.5. The Bertz CT molecular complexity index is 1200. The third-order valence-electron chi connectivity index (χ3n) is 7.41. The van der Waals surface area contributed by atoms with Gasteiger partial charge < -0.3 is 9.47 Å². The summed E-state index contributed by atoms with van der Waals surface area (Å²) in [5, 5.41) is 7.50. The van der Waals surface area contributed by atoms with Gasteiger partial charge in [0.2, 0.25) is 0 Å². The minimum atomic E-state index is -0.402. The minimum Gasteiger partial charge on any atom is -0.496 e. The highest BCUT2D eigenvalue weighted by Crippen LogP contribution is 2.53. The molecule has 3 aromatic carbocycles. The number of hydrazone groups is 1. The maximum Gasteiger partial charge on any atom is 0.198 e. The van der Waals surface area contributed by atoms with Gasteiger partial charge in [0.25, 0.3) is 0 Å². The molecule has 3 aliphatic rings. The van der Waals surface area contributed by atoms with Gasteiger partial charge in [-0.3, -0.25) is 0 Å². The molecule has 6 rings (SSSR count). The Morgan fingerprint density at radius 1 is 1.00 bits per heavy atom. The maximum absolute atomic E-state index is 6.82. The second-order valence-electron chi connectivity index (χ2n) is 9.23. The number of para-hydroxylation sites is 1. The van der Waals surface area contributed by atoms with Crippen LogP contribution in [0, 0.1) is 0 Å². The molecular formula is C28H27BrN2O2. The van der Waals surface area contributed by atoms with Crippen molar-refractivity contribution in [2.45, 2.75) is 49.8 Å². The first kappa shape index (κ1) is 20.8. The summed E-state index contributed by atoms with van der Waals surface area (Å²) in [6.07, 6.45) is 4.96. The van der Waals surface area contributed by atoms with Gasteiger partial charge in [-0.15, -0.1) is 0 Å². The number of methoxy groups -OCH3 is 1. The number of hydrogen-bond acceptors (Lipinski definition) is 4. The SMILES string of the molecule is COc1ccccc1C1=NN2C(C1)c1cc(Br)ccc1OC21CCC(c2ccccc2)CC1. The molecule has 0 aromatic heterocycles. The normalized spacial score (nSPS) is 25.8. The monoisotopic (exact) mass is 502 g/mol. The average molecular weight is 503 g/mol. The van der Waals surface area contributed by atoms with Crippen molar-refractivity contribution < 1.29 is 9.47 Å². The molecule has 5 heteroatoms. The van der Waals surface area contributed by atoms with E-state index < -0.39 is 5.72 Å². The number of halogens is 1. The Kier molecular flexibility index (Phi) is 5.17. The summed E-state index contributed by atoms with van der Waals surface area (Å²) in [6.45, 7) is 0. The van der Waals surface area contributed by atoms with Crippen LogP contribution in [0.15, 0.2) is 82.4 Å². The minimum absolute atomic E-state index is 0.166. The first-order valence-electron chi connectivity index (χ1n) is 11.7. The van der Waals surface area contributed by atoms with E-state index in [1.165, 1.54) is 11.1 Å². The highest BCUT2D eigenvalue weighted by molar-refractivity contribution is 9.10. The van der Waals surface area contributed by atoms with E-state index >= 15 is 0 Å². The van der Waals surface area contributed by atoms with E-state index in [0.29, 0.717) is 5.92 Å². The molecule has 33 heavy (non-hydrogen) atoms. The fourth-order valence-electron chi connectivity index (χ4n) is 5.76. The van der Waals surface area contributed by atoms with Gasteiger partial charge in [-0.1, -0.05) is 58.4 Å². The lowest BCUT2D eigenvalue weighted by atomic mass is 9.78. The zero-order valence-electron chi connectivity index (χ0n) is 18.7. The predicted octanol–water partition coefficient (Wildman–Crippen LogP) is 7.06. The third-order valence-corrected chi connectivity index (χ3v) is 7.91. The van der Waals surface area contributed by atoms with E-state index in [0.717, 1.165) is 59.4 Å². The lowest BCUT2D eigenvalue weighted by molar-refractivity contribution is -0.142. The average Bonchev–Trinajstić information content (AvgIpc) is 3.32. The lowest BCUT2D eigenvalue weighted by Crippen LogP contribution is -2.55. The number of hydrogen-bond donors (Lipinski definition) is 0. The molecule has 1 unspecified atom stereocenters. The second-order valence-corrected chi connectivity index (χ2v) is 10.1. The Labute approximate surface area is 203 Å². The van der Waals surface area contributed by atoms with Crippen molar-refractivity contribution in [3.05, 3.63) is 94.0 Å². The van der Waals surface area contributed by atoms with E-state index in [9.17, 15) is 0 Å². The van der Waals surface area contributed by atoms with Gasteiger partial charge in [0.15, 0.2) is 5.72 Å². The van der Waals surface area contributed by atoms with Crippen LogP contribution < -0.4 is 9.47 Å². The van der Waals surface area contributed by atoms with Crippen LogP contribution in [0.1, 0.15) is 60.8 Å². The summed E-state index contributed by atoms with van der Waals surface area (Å²) in [5.41, 5.74) is 4.37. The quantitative estimate of drug-likeness (QED) is 0.384. The van der Waals surface area contributed by atoms with Crippen molar-refractivity contribution in [3.8, 4) is 11.5 Å². The molecule has 0 radical (unpaired) electrons. The smallest absolute Gasteiger partial charge is 0.198 e. The summed E-state index contributed by atoms with van der Waals surface area (Å²) in [6, 6.07) is 25.6. The number of benzene rings is 3. The van der Waals surface area contributed by atoms with E-state index in [1.807, 2.05) is 12.1 Å². The summed E-state index contributed by atoms with van der Waals surface area (Å²) in [5.74, 6) is 2.44. The van der Waals surface area contributed by atoms with E-state index in [1.54, 1.807) is 7.11 Å². The van der Waals surface area contributed by atoms with Crippen molar-refractivity contribution in [1.82, 2.24) is 5.01 Å². The summed E-state index contributed by atoms with van der Waals surface area (Å²) < 4.78 is 13.6. The van der Waals surface area contributed by atoms with Gasteiger partial charge in [0, 0.05) is 34.9 Å². The highest BCUT2D eigenvalue weighted by Gasteiger charge is 2.52. The number of fused-ring (bicyclic) bond motifs is 4. The molecule has 0 N–H and O–H groups in total. The summed E-state index contributed by atoms with van der Waals surface area (Å²) in [4.78, 5) is 0. The zero-order chi connectivity index (χ0) is 22.4. The van der Waals surface area contributed by atoms with E-state index in [-0.39, 0.29) is 6.04 Å². The Balaban J connectivity index is 1.38. The van der Waals surface area contributed by atoms with Crippen molar-refractivity contribution in [1.29, 1.82) is 0 Å². The van der Waals surface area contributed by atoms with Crippen LogP contribution >= 0.6 is 15.9 Å². The molecule has 1 atom stereocenters. The topological polar surface area (TPSA) is 34.1 Å². The molecular weight excluding hydrogens is 476 g/mol.